The zero-order chi connectivity index (χ0) is 15.1. The summed E-state index contributed by atoms with van der Waals surface area (Å²) < 4.78 is 11.2. The van der Waals surface area contributed by atoms with Crippen molar-refractivity contribution < 1.29 is 9.47 Å². The fourth-order valence-electron chi connectivity index (χ4n) is 2.02. The van der Waals surface area contributed by atoms with Crippen LogP contribution in [0.3, 0.4) is 0 Å². The fraction of sp³-hybridized carbons (Fsp3) is 0.294. The SMILES string of the molecule is CCCOc1c(CNc2ccccc2Cl)cccc1OC. The fourth-order valence-corrected chi connectivity index (χ4v) is 2.23. The van der Waals surface area contributed by atoms with E-state index in [2.05, 4.69) is 12.2 Å². The topological polar surface area (TPSA) is 30.5 Å². The van der Waals surface area contributed by atoms with Gasteiger partial charge in [0.05, 0.1) is 24.4 Å². The van der Waals surface area contributed by atoms with Crippen molar-refractivity contribution in [1.82, 2.24) is 0 Å². The van der Waals surface area contributed by atoms with E-state index >= 15 is 0 Å². The standard InChI is InChI=1S/C17H20ClNO2/c1-3-11-21-17-13(7-6-10-16(17)20-2)12-19-15-9-5-4-8-14(15)18/h4-10,19H,3,11-12H2,1-2H3. The molecule has 0 bridgehead atoms. The molecule has 4 heteroatoms. The molecule has 0 heterocycles. The lowest BCUT2D eigenvalue weighted by molar-refractivity contribution is 0.291. The number of rotatable bonds is 7. The number of para-hydroxylation sites is 2. The second-order valence-corrected chi connectivity index (χ2v) is 5.04. The van der Waals surface area contributed by atoms with Gasteiger partial charge >= 0.3 is 0 Å². The van der Waals surface area contributed by atoms with E-state index in [0.29, 0.717) is 18.2 Å². The Balaban J connectivity index is 2.17. The lowest BCUT2D eigenvalue weighted by Crippen LogP contribution is -2.05. The highest BCUT2D eigenvalue weighted by molar-refractivity contribution is 6.33. The van der Waals surface area contributed by atoms with Gasteiger partial charge in [0.15, 0.2) is 11.5 Å². The number of ether oxygens (including phenoxy) is 2. The highest BCUT2D eigenvalue weighted by Gasteiger charge is 2.10. The quantitative estimate of drug-likeness (QED) is 0.800. The van der Waals surface area contributed by atoms with Crippen LogP contribution in [0.25, 0.3) is 0 Å². The van der Waals surface area contributed by atoms with E-state index in [0.717, 1.165) is 29.2 Å². The summed E-state index contributed by atoms with van der Waals surface area (Å²) in [5.41, 5.74) is 1.95. The zero-order valence-electron chi connectivity index (χ0n) is 12.4. The Bertz CT molecular complexity index is 587. The normalized spacial score (nSPS) is 10.2. The first kappa shape index (κ1) is 15.5. The molecule has 3 nitrogen and oxygen atoms in total. The van der Waals surface area contributed by atoms with Gasteiger partial charge in [-0.2, -0.15) is 0 Å². The summed E-state index contributed by atoms with van der Waals surface area (Å²) in [5, 5.41) is 4.03. The molecular weight excluding hydrogens is 286 g/mol. The van der Waals surface area contributed by atoms with Gasteiger partial charge < -0.3 is 14.8 Å². The lowest BCUT2D eigenvalue weighted by Gasteiger charge is -2.16. The van der Waals surface area contributed by atoms with Gasteiger partial charge in [0.1, 0.15) is 0 Å². The van der Waals surface area contributed by atoms with E-state index in [1.807, 2.05) is 42.5 Å². The smallest absolute Gasteiger partial charge is 0.166 e. The largest absolute Gasteiger partial charge is 0.493 e. The summed E-state index contributed by atoms with van der Waals surface area (Å²) >= 11 is 6.15. The lowest BCUT2D eigenvalue weighted by atomic mass is 10.1. The third-order valence-corrected chi connectivity index (χ3v) is 3.40. The monoisotopic (exact) mass is 305 g/mol. The first-order valence-corrected chi connectivity index (χ1v) is 7.41. The molecule has 2 aromatic carbocycles. The number of nitrogens with one attached hydrogen (secondary N) is 1. The second kappa shape index (κ2) is 7.79. The second-order valence-electron chi connectivity index (χ2n) is 4.63. The van der Waals surface area contributed by atoms with Crippen molar-refractivity contribution in [3.05, 3.63) is 53.1 Å². The van der Waals surface area contributed by atoms with Gasteiger partial charge in [-0.3, -0.25) is 0 Å². The minimum atomic E-state index is 0.625. The highest BCUT2D eigenvalue weighted by atomic mass is 35.5. The summed E-state index contributed by atoms with van der Waals surface area (Å²) in [5.74, 6) is 1.54. The van der Waals surface area contributed by atoms with Crippen molar-refractivity contribution in [3.63, 3.8) is 0 Å². The van der Waals surface area contributed by atoms with Crippen molar-refractivity contribution in [2.24, 2.45) is 0 Å². The summed E-state index contributed by atoms with van der Waals surface area (Å²) in [4.78, 5) is 0. The number of methoxy groups -OCH3 is 1. The number of anilines is 1. The molecule has 21 heavy (non-hydrogen) atoms. The zero-order valence-corrected chi connectivity index (χ0v) is 13.1. The molecule has 0 aliphatic carbocycles. The van der Waals surface area contributed by atoms with Crippen molar-refractivity contribution in [3.8, 4) is 11.5 Å². The Morgan fingerprint density at radius 3 is 2.62 bits per heavy atom. The van der Waals surface area contributed by atoms with Crippen LogP contribution in [0.1, 0.15) is 18.9 Å². The van der Waals surface area contributed by atoms with Gasteiger partial charge in [-0.15, -0.1) is 0 Å². The Kier molecular flexibility index (Phi) is 5.76. The number of halogens is 1. The summed E-state index contributed by atoms with van der Waals surface area (Å²) in [6.07, 6.45) is 0.954. The molecule has 112 valence electrons. The minimum absolute atomic E-state index is 0.625. The van der Waals surface area contributed by atoms with Crippen LogP contribution in [-0.4, -0.2) is 13.7 Å². The molecule has 0 aliphatic rings. The third kappa shape index (κ3) is 4.05. The molecule has 0 spiro atoms. The van der Waals surface area contributed by atoms with Gasteiger partial charge in [0.2, 0.25) is 0 Å². The van der Waals surface area contributed by atoms with Crippen LogP contribution in [0.2, 0.25) is 5.02 Å². The van der Waals surface area contributed by atoms with Gasteiger partial charge in [0.25, 0.3) is 0 Å². The maximum Gasteiger partial charge on any atom is 0.166 e. The molecular formula is C17H20ClNO2. The van der Waals surface area contributed by atoms with E-state index < -0.39 is 0 Å². The summed E-state index contributed by atoms with van der Waals surface area (Å²) in [6, 6.07) is 13.6. The van der Waals surface area contributed by atoms with Crippen LogP contribution in [0.5, 0.6) is 11.5 Å². The molecule has 0 amide bonds. The number of benzene rings is 2. The van der Waals surface area contributed by atoms with Gasteiger partial charge in [-0.25, -0.2) is 0 Å². The molecule has 0 aliphatic heterocycles. The van der Waals surface area contributed by atoms with Crippen molar-refractivity contribution in [2.75, 3.05) is 19.0 Å². The van der Waals surface area contributed by atoms with E-state index in [1.54, 1.807) is 7.11 Å². The maximum absolute atomic E-state index is 6.15. The molecule has 2 aromatic rings. The molecule has 0 saturated heterocycles. The number of hydrogen-bond donors (Lipinski definition) is 1. The van der Waals surface area contributed by atoms with Gasteiger partial charge in [-0.05, 0) is 24.6 Å². The molecule has 0 aromatic heterocycles. The first-order chi connectivity index (χ1) is 10.3. The van der Waals surface area contributed by atoms with E-state index in [9.17, 15) is 0 Å². The van der Waals surface area contributed by atoms with Crippen molar-refractivity contribution in [1.29, 1.82) is 0 Å². The minimum Gasteiger partial charge on any atom is -0.493 e. The van der Waals surface area contributed by atoms with Crippen LogP contribution in [0, 0.1) is 0 Å². The summed E-state index contributed by atoms with van der Waals surface area (Å²) in [7, 11) is 1.65. The van der Waals surface area contributed by atoms with Gasteiger partial charge in [-0.1, -0.05) is 42.8 Å². The predicted octanol–water partition coefficient (Wildman–Crippen LogP) is 4.75. The molecule has 0 fully saturated rings. The van der Waals surface area contributed by atoms with E-state index in [-0.39, 0.29) is 0 Å². The molecule has 2 rings (SSSR count). The van der Waals surface area contributed by atoms with Gasteiger partial charge in [0, 0.05) is 12.1 Å². The summed E-state index contributed by atoms with van der Waals surface area (Å²) in [6.45, 7) is 3.37. The molecule has 0 unspecified atom stereocenters. The van der Waals surface area contributed by atoms with Crippen LogP contribution in [0.4, 0.5) is 5.69 Å². The number of hydrogen-bond acceptors (Lipinski definition) is 3. The van der Waals surface area contributed by atoms with Crippen LogP contribution >= 0.6 is 11.6 Å². The Labute approximate surface area is 130 Å². The average Bonchev–Trinajstić information content (AvgIpc) is 2.52. The molecule has 0 atom stereocenters. The Morgan fingerprint density at radius 1 is 1.10 bits per heavy atom. The van der Waals surface area contributed by atoms with Crippen LogP contribution in [-0.2, 0) is 6.54 Å². The highest BCUT2D eigenvalue weighted by Crippen LogP contribution is 2.32. The first-order valence-electron chi connectivity index (χ1n) is 7.03. The maximum atomic E-state index is 6.15. The van der Waals surface area contributed by atoms with Crippen LogP contribution in [0.15, 0.2) is 42.5 Å². The van der Waals surface area contributed by atoms with Crippen molar-refractivity contribution in [2.45, 2.75) is 19.9 Å². The Morgan fingerprint density at radius 2 is 1.90 bits per heavy atom. The Hall–Kier alpha value is -1.87. The third-order valence-electron chi connectivity index (χ3n) is 3.07. The van der Waals surface area contributed by atoms with E-state index in [4.69, 9.17) is 21.1 Å². The molecule has 0 saturated carbocycles. The van der Waals surface area contributed by atoms with Crippen LogP contribution < -0.4 is 14.8 Å². The average molecular weight is 306 g/mol. The molecule has 1 N–H and O–H groups in total. The molecule has 0 radical (unpaired) electrons. The van der Waals surface area contributed by atoms with E-state index in [1.165, 1.54) is 0 Å². The predicted molar refractivity (Wildman–Crippen MR) is 87.6 cm³/mol. The van der Waals surface area contributed by atoms with Crippen molar-refractivity contribution >= 4 is 17.3 Å².